The monoisotopic (exact) mass is 283 g/mol. The van der Waals surface area contributed by atoms with Crippen LogP contribution in [0.25, 0.3) is 0 Å². The van der Waals surface area contributed by atoms with Gasteiger partial charge in [0.05, 0.1) is 21.1 Å². The van der Waals surface area contributed by atoms with Crippen LogP contribution in [-0.4, -0.2) is 37.6 Å². The Balaban J connectivity index is 3.43. The molecule has 118 valence electrons. The number of nitrogens with zero attached hydrogens (tertiary/aromatic N) is 1. The zero-order chi connectivity index (χ0) is 15.4. The Morgan fingerprint density at radius 2 is 1.60 bits per heavy atom. The molecule has 0 saturated heterocycles. The Bertz CT molecular complexity index is 269. The van der Waals surface area contributed by atoms with E-state index in [9.17, 15) is 4.79 Å². The van der Waals surface area contributed by atoms with Crippen LogP contribution in [0.5, 0.6) is 0 Å². The van der Waals surface area contributed by atoms with Crippen molar-refractivity contribution in [1.29, 1.82) is 0 Å². The molecule has 0 amide bonds. The third-order valence-electron chi connectivity index (χ3n) is 3.83. The molecule has 0 bridgehead atoms. The molecule has 0 aromatic heterocycles. The normalized spacial score (nSPS) is 13.2. The Kier molecular flexibility index (Phi) is 10.7. The summed E-state index contributed by atoms with van der Waals surface area (Å²) in [7, 11) is 6.21. The van der Waals surface area contributed by atoms with Crippen LogP contribution in [0.15, 0.2) is 12.7 Å². The first-order valence-electron chi connectivity index (χ1n) is 8.07. The average molecular weight is 283 g/mol. The first kappa shape index (κ1) is 19.3. The Morgan fingerprint density at radius 1 is 1.05 bits per heavy atom. The van der Waals surface area contributed by atoms with Gasteiger partial charge in [0.25, 0.3) is 0 Å². The van der Waals surface area contributed by atoms with Gasteiger partial charge in [-0.05, 0) is 19.3 Å². The number of hydrogen-bond donors (Lipinski definition) is 1. The van der Waals surface area contributed by atoms with Gasteiger partial charge in [-0.1, -0.05) is 31.8 Å². The van der Waals surface area contributed by atoms with Crippen LogP contribution in [-0.2, 0) is 4.79 Å². The quantitative estimate of drug-likeness (QED) is 0.243. The average Bonchev–Trinajstić information content (AvgIpc) is 2.37. The molecule has 0 fully saturated rings. The summed E-state index contributed by atoms with van der Waals surface area (Å²) in [6, 6.07) is 0. The molecule has 0 spiro atoms. The van der Waals surface area contributed by atoms with Crippen molar-refractivity contribution in [3.63, 3.8) is 0 Å². The molecule has 2 N–H and O–H groups in total. The first-order chi connectivity index (χ1) is 9.38. The number of quaternary nitrogens is 1. The second-order valence-corrected chi connectivity index (χ2v) is 6.71. The highest BCUT2D eigenvalue weighted by Gasteiger charge is 2.19. The number of nitrogens with two attached hydrogens (primary N) is 1. The van der Waals surface area contributed by atoms with Gasteiger partial charge in [0.1, 0.15) is 11.9 Å². The molecule has 3 nitrogen and oxygen atoms in total. The summed E-state index contributed by atoms with van der Waals surface area (Å²) in [6.07, 6.45) is 12.6. The van der Waals surface area contributed by atoms with Crippen molar-refractivity contribution < 1.29 is 9.28 Å². The van der Waals surface area contributed by atoms with Crippen LogP contribution in [0.1, 0.15) is 64.2 Å². The highest BCUT2D eigenvalue weighted by molar-refractivity contribution is 5.78. The Hall–Kier alpha value is -0.670. The van der Waals surface area contributed by atoms with Crippen LogP contribution in [0.4, 0.5) is 0 Å². The van der Waals surface area contributed by atoms with Gasteiger partial charge in [0, 0.05) is 19.3 Å². The molecule has 1 atom stereocenters. The van der Waals surface area contributed by atoms with Gasteiger partial charge >= 0.3 is 0 Å². The van der Waals surface area contributed by atoms with Crippen molar-refractivity contribution in [2.75, 3.05) is 21.1 Å². The Labute approximate surface area is 125 Å². The second-order valence-electron chi connectivity index (χ2n) is 6.71. The van der Waals surface area contributed by atoms with E-state index in [1.165, 1.54) is 32.1 Å². The van der Waals surface area contributed by atoms with Crippen molar-refractivity contribution in [2.24, 2.45) is 5.73 Å². The number of allylic oxidation sites excluding steroid dienone is 1. The Morgan fingerprint density at radius 3 is 2.15 bits per heavy atom. The lowest BCUT2D eigenvalue weighted by molar-refractivity contribution is -0.896. The van der Waals surface area contributed by atoms with E-state index in [-0.39, 0.29) is 6.17 Å². The molecule has 0 rings (SSSR count). The molecule has 0 heterocycles. The summed E-state index contributed by atoms with van der Waals surface area (Å²) in [5, 5.41) is 0. The molecule has 0 radical (unpaired) electrons. The maximum absolute atomic E-state index is 11.8. The molecular weight excluding hydrogens is 248 g/mol. The fourth-order valence-corrected chi connectivity index (χ4v) is 2.14. The van der Waals surface area contributed by atoms with E-state index in [1.54, 1.807) is 0 Å². The smallest absolute Gasteiger partial charge is 0.140 e. The number of Topliss-reactive ketones (excluding diaryl/α,β-unsaturated/α-hetero) is 1. The van der Waals surface area contributed by atoms with Crippen LogP contribution in [0, 0.1) is 0 Å². The van der Waals surface area contributed by atoms with Gasteiger partial charge in [-0.2, -0.15) is 0 Å². The summed E-state index contributed by atoms with van der Waals surface area (Å²) in [5.74, 6) is 0.376. The van der Waals surface area contributed by atoms with Gasteiger partial charge in [0.2, 0.25) is 0 Å². The van der Waals surface area contributed by atoms with Gasteiger partial charge < -0.3 is 4.48 Å². The zero-order valence-electron chi connectivity index (χ0n) is 13.9. The van der Waals surface area contributed by atoms with E-state index >= 15 is 0 Å². The molecule has 0 aromatic rings. The predicted molar refractivity (Wildman–Crippen MR) is 87.4 cm³/mol. The lowest BCUT2D eigenvalue weighted by atomic mass is 10.0. The highest BCUT2D eigenvalue weighted by Crippen LogP contribution is 2.11. The molecule has 0 aliphatic heterocycles. The highest BCUT2D eigenvalue weighted by atomic mass is 16.1. The topological polar surface area (TPSA) is 43.1 Å². The van der Waals surface area contributed by atoms with Crippen molar-refractivity contribution in [3.8, 4) is 0 Å². The third kappa shape index (κ3) is 11.2. The van der Waals surface area contributed by atoms with E-state index in [0.717, 1.165) is 30.2 Å². The van der Waals surface area contributed by atoms with Gasteiger partial charge in [-0.3, -0.25) is 10.5 Å². The lowest BCUT2D eigenvalue weighted by Gasteiger charge is -2.30. The summed E-state index contributed by atoms with van der Waals surface area (Å²) in [5.41, 5.74) is 6.05. The lowest BCUT2D eigenvalue weighted by Crippen LogP contribution is -2.50. The molecule has 0 aliphatic carbocycles. The summed E-state index contributed by atoms with van der Waals surface area (Å²) >= 11 is 0. The van der Waals surface area contributed by atoms with Gasteiger partial charge in [-0.15, -0.1) is 6.58 Å². The third-order valence-corrected chi connectivity index (χ3v) is 3.83. The minimum Gasteiger partial charge on any atom is -0.316 e. The molecule has 0 aromatic carbocycles. The largest absolute Gasteiger partial charge is 0.316 e. The fraction of sp³-hybridized carbons (Fsp3) is 0.824. The number of hydrogen-bond acceptors (Lipinski definition) is 2. The van der Waals surface area contributed by atoms with Crippen molar-refractivity contribution in [3.05, 3.63) is 12.7 Å². The molecule has 1 unspecified atom stereocenters. The number of rotatable bonds is 13. The van der Waals surface area contributed by atoms with E-state index in [4.69, 9.17) is 5.73 Å². The van der Waals surface area contributed by atoms with Crippen molar-refractivity contribution in [1.82, 2.24) is 0 Å². The van der Waals surface area contributed by atoms with E-state index < -0.39 is 0 Å². The van der Waals surface area contributed by atoms with Crippen LogP contribution >= 0.6 is 0 Å². The predicted octanol–water partition coefficient (Wildman–Crippen LogP) is 3.63. The standard InChI is InChI=1S/C17H35N2O/c1-5-6-7-8-9-10-11-12-13-16(20)14-15-17(18)19(2,3)4/h5,17H,1,6-15,18H2,2-4H3/q+1. The van der Waals surface area contributed by atoms with E-state index in [1.807, 2.05) is 6.08 Å². The van der Waals surface area contributed by atoms with Crippen LogP contribution < -0.4 is 5.73 Å². The fourth-order valence-electron chi connectivity index (χ4n) is 2.14. The summed E-state index contributed by atoms with van der Waals surface area (Å²) < 4.78 is 0.720. The van der Waals surface area contributed by atoms with Gasteiger partial charge in [-0.25, -0.2) is 0 Å². The minimum absolute atomic E-state index is 0.0591. The van der Waals surface area contributed by atoms with E-state index in [0.29, 0.717) is 12.2 Å². The summed E-state index contributed by atoms with van der Waals surface area (Å²) in [6.45, 7) is 3.72. The minimum atomic E-state index is 0.0591. The molecule has 0 saturated carbocycles. The first-order valence-corrected chi connectivity index (χ1v) is 8.07. The van der Waals surface area contributed by atoms with Crippen molar-refractivity contribution in [2.45, 2.75) is 70.4 Å². The second kappa shape index (κ2) is 11.0. The van der Waals surface area contributed by atoms with E-state index in [2.05, 4.69) is 27.7 Å². The SMILES string of the molecule is C=CCCCCCCCCC(=O)CCC(N)[N+](C)(C)C. The number of unbranched alkanes of at least 4 members (excludes halogenated alkanes) is 6. The van der Waals surface area contributed by atoms with Gasteiger partial charge in [0.15, 0.2) is 0 Å². The number of carbonyl (C=O) groups is 1. The molecular formula is C17H35N2O+. The maximum Gasteiger partial charge on any atom is 0.140 e. The molecule has 20 heavy (non-hydrogen) atoms. The van der Waals surface area contributed by atoms with Crippen LogP contribution in [0.2, 0.25) is 0 Å². The van der Waals surface area contributed by atoms with Crippen LogP contribution in [0.3, 0.4) is 0 Å². The summed E-state index contributed by atoms with van der Waals surface area (Å²) in [4.78, 5) is 11.8. The molecule has 3 heteroatoms. The van der Waals surface area contributed by atoms with Crippen molar-refractivity contribution >= 4 is 5.78 Å². The number of ketones is 1. The number of carbonyl (C=O) groups excluding carboxylic acids is 1. The zero-order valence-corrected chi connectivity index (χ0v) is 13.9. The maximum atomic E-state index is 11.8. The molecule has 0 aliphatic rings.